The molecule has 4 nitrogen and oxygen atoms in total. The quantitative estimate of drug-likeness (QED) is 0.155. The molecule has 0 unspecified atom stereocenters. The first kappa shape index (κ1) is 30.7. The van der Waals surface area contributed by atoms with Gasteiger partial charge in [-0.05, 0) is 60.3 Å². The Morgan fingerprint density at radius 2 is 1.05 bits per heavy atom. The minimum atomic E-state index is -1.40. The molecule has 5 heteroatoms. The summed E-state index contributed by atoms with van der Waals surface area (Å²) in [6.07, 6.45) is 14.1. The van der Waals surface area contributed by atoms with Crippen LogP contribution >= 0.6 is 0 Å². The molecule has 3 rings (SSSR count). The van der Waals surface area contributed by atoms with Crippen LogP contribution in [0.5, 0.6) is 11.5 Å². The Hall–Kier alpha value is -2.50. The summed E-state index contributed by atoms with van der Waals surface area (Å²) < 4.78 is 11.4. The molecular weight excluding hydrogens is 459 g/mol. The number of fused-ring (bicyclic) bond motifs is 1. The number of ether oxygens (including phenoxy) is 2. The number of hydrogen-bond acceptors (Lipinski definition) is 4. The molecule has 0 heterocycles. The number of rotatable bonds is 16. The zero-order chi connectivity index (χ0) is 26.7. The zero-order valence-electron chi connectivity index (χ0n) is 23.3. The molecule has 0 aliphatic rings. The second-order valence-electron chi connectivity index (χ2n) is 9.83. The van der Waals surface area contributed by atoms with E-state index in [0.717, 1.165) is 31.1 Å². The maximum Gasteiger partial charge on any atom is 0.488 e. The lowest BCUT2D eigenvalue weighted by molar-refractivity contribution is 0.304. The van der Waals surface area contributed by atoms with Crippen LogP contribution in [0.1, 0.15) is 90.0 Å². The van der Waals surface area contributed by atoms with Crippen molar-refractivity contribution in [3.8, 4) is 11.5 Å². The summed E-state index contributed by atoms with van der Waals surface area (Å²) in [6, 6.07) is 19.8. The fourth-order valence-electron chi connectivity index (χ4n) is 4.14. The van der Waals surface area contributed by atoms with Crippen molar-refractivity contribution >= 4 is 23.4 Å². The molecule has 0 saturated carbocycles. The average Bonchev–Trinajstić information content (AvgIpc) is 2.91. The van der Waals surface area contributed by atoms with Gasteiger partial charge in [0.15, 0.2) is 0 Å². The highest BCUT2D eigenvalue weighted by Crippen LogP contribution is 2.22. The highest BCUT2D eigenvalue weighted by molar-refractivity contribution is 6.58. The highest BCUT2D eigenvalue weighted by Gasteiger charge is 2.09. The third kappa shape index (κ3) is 13.0. The fraction of sp³-hybridized carbons (Fsp3) is 0.500. The van der Waals surface area contributed by atoms with Crippen molar-refractivity contribution in [1.29, 1.82) is 0 Å². The van der Waals surface area contributed by atoms with E-state index >= 15 is 0 Å². The largest absolute Gasteiger partial charge is 0.494 e. The second kappa shape index (κ2) is 18.7. The summed E-state index contributed by atoms with van der Waals surface area (Å²) in [5.41, 5.74) is 1.79. The minimum absolute atomic E-state index is 0.482. The average molecular weight is 507 g/mol. The lowest BCUT2D eigenvalue weighted by Crippen LogP contribution is -2.29. The first-order valence-corrected chi connectivity index (χ1v) is 14.3. The monoisotopic (exact) mass is 506 g/mol. The van der Waals surface area contributed by atoms with Gasteiger partial charge in [-0.3, -0.25) is 0 Å². The van der Waals surface area contributed by atoms with E-state index in [1.807, 2.05) is 0 Å². The van der Waals surface area contributed by atoms with Crippen molar-refractivity contribution in [3.63, 3.8) is 0 Å². The van der Waals surface area contributed by atoms with Gasteiger partial charge >= 0.3 is 7.12 Å². The van der Waals surface area contributed by atoms with Gasteiger partial charge in [-0.2, -0.15) is 0 Å². The molecule has 37 heavy (non-hydrogen) atoms. The second-order valence-corrected chi connectivity index (χ2v) is 9.83. The van der Waals surface area contributed by atoms with E-state index in [1.54, 1.807) is 24.3 Å². The van der Waals surface area contributed by atoms with Crippen LogP contribution in [0.25, 0.3) is 10.8 Å². The zero-order valence-corrected chi connectivity index (χ0v) is 23.3. The number of aryl methyl sites for hydroxylation is 1. The summed E-state index contributed by atoms with van der Waals surface area (Å²) in [5, 5.41) is 20.3. The van der Waals surface area contributed by atoms with Crippen molar-refractivity contribution in [2.24, 2.45) is 0 Å². The summed E-state index contributed by atoms with van der Waals surface area (Å²) in [5.74, 6) is 1.77. The maximum absolute atomic E-state index is 8.88. The number of benzene rings is 3. The lowest BCUT2D eigenvalue weighted by atomic mass is 9.80. The van der Waals surface area contributed by atoms with Crippen LogP contribution in [-0.2, 0) is 0 Å². The molecule has 0 radical (unpaired) electrons. The highest BCUT2D eigenvalue weighted by atomic mass is 16.5. The Kier molecular flexibility index (Phi) is 15.5. The van der Waals surface area contributed by atoms with Gasteiger partial charge in [-0.1, -0.05) is 114 Å². The molecule has 0 atom stereocenters. The molecule has 202 valence electrons. The molecule has 0 aliphatic carbocycles. The van der Waals surface area contributed by atoms with E-state index in [-0.39, 0.29) is 0 Å². The minimum Gasteiger partial charge on any atom is -0.494 e. The van der Waals surface area contributed by atoms with Crippen molar-refractivity contribution in [1.82, 2.24) is 0 Å². The van der Waals surface area contributed by atoms with Crippen LogP contribution in [0.2, 0.25) is 0 Å². The Morgan fingerprint density at radius 3 is 1.70 bits per heavy atom. The molecule has 0 aromatic heterocycles. The van der Waals surface area contributed by atoms with Crippen LogP contribution in [0.3, 0.4) is 0 Å². The normalized spacial score (nSPS) is 10.6. The van der Waals surface area contributed by atoms with Crippen molar-refractivity contribution in [2.75, 3.05) is 13.2 Å². The summed E-state index contributed by atoms with van der Waals surface area (Å²) in [6.45, 7) is 8.11. The molecule has 3 aromatic rings. The molecule has 3 aromatic carbocycles. The van der Waals surface area contributed by atoms with Gasteiger partial charge < -0.3 is 19.5 Å². The molecule has 0 aliphatic heterocycles. The first-order chi connectivity index (χ1) is 18.0. The maximum atomic E-state index is 8.88. The molecule has 0 spiro atoms. The van der Waals surface area contributed by atoms with E-state index in [9.17, 15) is 0 Å². The first-order valence-electron chi connectivity index (χ1n) is 14.3. The van der Waals surface area contributed by atoms with Gasteiger partial charge in [0.1, 0.15) is 11.5 Å². The third-order valence-electron chi connectivity index (χ3n) is 6.43. The van der Waals surface area contributed by atoms with Gasteiger partial charge in [0, 0.05) is 0 Å². The predicted octanol–water partition coefficient (Wildman–Crippen LogP) is 7.60. The topological polar surface area (TPSA) is 58.9 Å². The predicted molar refractivity (Wildman–Crippen MR) is 158 cm³/mol. The summed E-state index contributed by atoms with van der Waals surface area (Å²) in [7, 11) is -1.40. The van der Waals surface area contributed by atoms with Gasteiger partial charge in [-0.25, -0.2) is 0 Å². The Balaban J connectivity index is 0.000000281. The molecule has 0 amide bonds. The van der Waals surface area contributed by atoms with Crippen LogP contribution in [0.4, 0.5) is 0 Å². The molecule has 0 fully saturated rings. The van der Waals surface area contributed by atoms with E-state index in [4.69, 9.17) is 19.5 Å². The van der Waals surface area contributed by atoms with E-state index in [2.05, 4.69) is 57.2 Å². The summed E-state index contributed by atoms with van der Waals surface area (Å²) >= 11 is 0. The van der Waals surface area contributed by atoms with Gasteiger partial charge in [-0.15, -0.1) is 0 Å². The van der Waals surface area contributed by atoms with Crippen LogP contribution in [0, 0.1) is 6.92 Å². The summed E-state index contributed by atoms with van der Waals surface area (Å²) in [4.78, 5) is 0. The van der Waals surface area contributed by atoms with Crippen LogP contribution in [0.15, 0.2) is 60.7 Å². The lowest BCUT2D eigenvalue weighted by Gasteiger charge is -2.08. The standard InChI is InChI=1S/C21H30O.C11H17BO3/c1-3-4-5-6-7-8-9-10-15-22-21-14-13-19-16-18(2)11-12-20(19)17-21;1-2-3-4-9-15-11-7-5-10(6-8-11)12(13)14/h11-14,16-17H,3-10,15H2,1-2H3;5-8,13-14H,2-4,9H2,1H3. The molecular formula is C32H47BO4. The fourth-order valence-corrected chi connectivity index (χ4v) is 4.14. The van der Waals surface area contributed by atoms with Gasteiger partial charge in [0.2, 0.25) is 0 Å². The van der Waals surface area contributed by atoms with E-state index in [1.165, 1.54) is 80.5 Å². The Bertz CT molecular complexity index is 988. The van der Waals surface area contributed by atoms with Gasteiger partial charge in [0.25, 0.3) is 0 Å². The SMILES string of the molecule is CCCCCCCCCCOc1ccc2cc(C)ccc2c1.CCCCCOc1ccc(B(O)O)cc1. The van der Waals surface area contributed by atoms with Crippen molar-refractivity contribution in [3.05, 3.63) is 66.2 Å². The van der Waals surface area contributed by atoms with Crippen molar-refractivity contribution in [2.45, 2.75) is 91.4 Å². The van der Waals surface area contributed by atoms with Crippen LogP contribution in [-0.4, -0.2) is 30.4 Å². The Morgan fingerprint density at radius 1 is 0.568 bits per heavy atom. The number of unbranched alkanes of at least 4 members (excludes halogenated alkanes) is 9. The van der Waals surface area contributed by atoms with Crippen molar-refractivity contribution < 1.29 is 19.5 Å². The smallest absolute Gasteiger partial charge is 0.488 e. The number of hydrogen-bond donors (Lipinski definition) is 2. The third-order valence-corrected chi connectivity index (χ3v) is 6.43. The van der Waals surface area contributed by atoms with Crippen LogP contribution < -0.4 is 14.9 Å². The van der Waals surface area contributed by atoms with Gasteiger partial charge in [0.05, 0.1) is 13.2 Å². The molecule has 0 saturated heterocycles. The Labute approximate surface area is 225 Å². The van der Waals surface area contributed by atoms with E-state index < -0.39 is 7.12 Å². The van der Waals surface area contributed by atoms with E-state index in [0.29, 0.717) is 5.46 Å². The molecule has 0 bridgehead atoms. The molecule has 2 N–H and O–H groups in total.